The molecule has 1 aromatic rings. The summed E-state index contributed by atoms with van der Waals surface area (Å²) in [7, 11) is 1.65. The molecule has 2 heteroatoms. The second-order valence-electron chi connectivity index (χ2n) is 4.06. The van der Waals surface area contributed by atoms with Crippen LogP contribution in [0.25, 0.3) is 6.08 Å². The molecule has 1 unspecified atom stereocenters. The van der Waals surface area contributed by atoms with Crippen molar-refractivity contribution >= 4 is 6.08 Å². The third-order valence-corrected chi connectivity index (χ3v) is 2.86. The van der Waals surface area contributed by atoms with Crippen LogP contribution in [0.3, 0.4) is 0 Å². The quantitative estimate of drug-likeness (QED) is 0.722. The highest BCUT2D eigenvalue weighted by molar-refractivity contribution is 5.61. The van der Waals surface area contributed by atoms with Crippen molar-refractivity contribution in [3.05, 3.63) is 42.0 Å². The van der Waals surface area contributed by atoms with Crippen molar-refractivity contribution < 1.29 is 9.47 Å². The lowest BCUT2D eigenvalue weighted by Gasteiger charge is -2.10. The maximum atomic E-state index is 5.80. The lowest BCUT2D eigenvalue weighted by atomic mass is 10.0. The Kier molecular flexibility index (Phi) is 2.73. The van der Waals surface area contributed by atoms with Crippen LogP contribution in [0.2, 0.25) is 0 Å². The van der Waals surface area contributed by atoms with Crippen LogP contribution >= 0.6 is 0 Å². The first kappa shape index (κ1) is 10.8. The molecule has 16 heavy (non-hydrogen) atoms. The molecule has 0 fully saturated rings. The monoisotopic (exact) mass is 216 g/mol. The summed E-state index contributed by atoms with van der Waals surface area (Å²) in [6, 6.07) is 4.00. The van der Waals surface area contributed by atoms with Gasteiger partial charge in [-0.1, -0.05) is 19.2 Å². The standard InChI is InChI=1S/C14H16O2/c1-5-10-6-11-7-12(9(2)3)16-14(11)8-13(10)15-4/h5-6,8,12H,1-2,7H2,3-4H3. The van der Waals surface area contributed by atoms with Gasteiger partial charge in [-0.15, -0.1) is 0 Å². The van der Waals surface area contributed by atoms with Crippen LogP contribution in [0.15, 0.2) is 30.9 Å². The molecule has 1 atom stereocenters. The molecule has 0 bridgehead atoms. The van der Waals surface area contributed by atoms with E-state index in [0.29, 0.717) is 0 Å². The number of fused-ring (bicyclic) bond motifs is 1. The fourth-order valence-corrected chi connectivity index (χ4v) is 1.90. The minimum Gasteiger partial charge on any atom is -0.496 e. The van der Waals surface area contributed by atoms with Crippen LogP contribution < -0.4 is 9.47 Å². The summed E-state index contributed by atoms with van der Waals surface area (Å²) in [4.78, 5) is 0. The molecule has 0 N–H and O–H groups in total. The summed E-state index contributed by atoms with van der Waals surface area (Å²) in [6.45, 7) is 9.70. The van der Waals surface area contributed by atoms with Crippen LogP contribution in [0.4, 0.5) is 0 Å². The molecule has 2 nitrogen and oxygen atoms in total. The minimum absolute atomic E-state index is 0.0970. The number of methoxy groups -OCH3 is 1. The van der Waals surface area contributed by atoms with Gasteiger partial charge >= 0.3 is 0 Å². The maximum absolute atomic E-state index is 5.80. The molecule has 0 aromatic heterocycles. The number of hydrogen-bond donors (Lipinski definition) is 0. The van der Waals surface area contributed by atoms with E-state index in [-0.39, 0.29) is 6.10 Å². The molecule has 0 saturated heterocycles. The second-order valence-corrected chi connectivity index (χ2v) is 4.06. The third kappa shape index (κ3) is 1.71. The zero-order valence-electron chi connectivity index (χ0n) is 9.75. The average Bonchev–Trinajstić information content (AvgIpc) is 2.69. The summed E-state index contributed by atoms with van der Waals surface area (Å²) in [5.41, 5.74) is 3.26. The van der Waals surface area contributed by atoms with Gasteiger partial charge < -0.3 is 9.47 Å². The summed E-state index contributed by atoms with van der Waals surface area (Å²) >= 11 is 0. The topological polar surface area (TPSA) is 18.5 Å². The van der Waals surface area contributed by atoms with E-state index in [9.17, 15) is 0 Å². The maximum Gasteiger partial charge on any atom is 0.129 e. The number of rotatable bonds is 3. The van der Waals surface area contributed by atoms with Gasteiger partial charge in [-0.05, 0) is 24.1 Å². The lowest BCUT2D eigenvalue weighted by molar-refractivity contribution is 0.270. The van der Waals surface area contributed by atoms with Crippen molar-refractivity contribution in [2.45, 2.75) is 19.4 Å². The Hall–Kier alpha value is -1.70. The highest BCUT2D eigenvalue weighted by atomic mass is 16.5. The van der Waals surface area contributed by atoms with E-state index in [1.807, 2.05) is 13.0 Å². The molecule has 0 radical (unpaired) electrons. The highest BCUT2D eigenvalue weighted by Crippen LogP contribution is 2.36. The van der Waals surface area contributed by atoms with E-state index >= 15 is 0 Å². The molecule has 1 aliphatic rings. The predicted octanol–water partition coefficient (Wildman–Crippen LogP) is 3.22. The Morgan fingerprint density at radius 2 is 2.31 bits per heavy atom. The van der Waals surface area contributed by atoms with Gasteiger partial charge in [0.25, 0.3) is 0 Å². The number of ether oxygens (including phenoxy) is 2. The molecule has 0 saturated carbocycles. The summed E-state index contributed by atoms with van der Waals surface area (Å²) < 4.78 is 11.1. The molecule has 1 aromatic carbocycles. The Morgan fingerprint density at radius 1 is 1.56 bits per heavy atom. The highest BCUT2D eigenvalue weighted by Gasteiger charge is 2.24. The van der Waals surface area contributed by atoms with Crippen LogP contribution in [0, 0.1) is 0 Å². The Balaban J connectivity index is 2.39. The molecular formula is C14H16O2. The van der Waals surface area contributed by atoms with E-state index in [2.05, 4.69) is 19.2 Å². The number of benzene rings is 1. The molecular weight excluding hydrogens is 200 g/mol. The van der Waals surface area contributed by atoms with Crippen molar-refractivity contribution in [1.29, 1.82) is 0 Å². The molecule has 2 rings (SSSR count). The molecule has 0 spiro atoms. The van der Waals surface area contributed by atoms with E-state index in [4.69, 9.17) is 9.47 Å². The Labute approximate surface area is 96.2 Å². The van der Waals surface area contributed by atoms with Crippen molar-refractivity contribution in [2.24, 2.45) is 0 Å². The minimum atomic E-state index is 0.0970. The van der Waals surface area contributed by atoms with Crippen LogP contribution in [-0.2, 0) is 6.42 Å². The van der Waals surface area contributed by atoms with Crippen molar-refractivity contribution in [2.75, 3.05) is 7.11 Å². The van der Waals surface area contributed by atoms with E-state index < -0.39 is 0 Å². The van der Waals surface area contributed by atoms with Crippen LogP contribution in [-0.4, -0.2) is 13.2 Å². The fourth-order valence-electron chi connectivity index (χ4n) is 1.90. The second kappa shape index (κ2) is 4.05. The summed E-state index contributed by atoms with van der Waals surface area (Å²) in [5, 5.41) is 0. The van der Waals surface area contributed by atoms with E-state index in [0.717, 1.165) is 29.1 Å². The smallest absolute Gasteiger partial charge is 0.129 e. The number of hydrogen-bond acceptors (Lipinski definition) is 2. The largest absolute Gasteiger partial charge is 0.496 e. The third-order valence-electron chi connectivity index (χ3n) is 2.86. The van der Waals surface area contributed by atoms with Gasteiger partial charge in [0.1, 0.15) is 17.6 Å². The van der Waals surface area contributed by atoms with Gasteiger partial charge in [0, 0.05) is 18.1 Å². The van der Waals surface area contributed by atoms with Crippen LogP contribution in [0.5, 0.6) is 11.5 Å². The fraction of sp³-hybridized carbons (Fsp3) is 0.286. The van der Waals surface area contributed by atoms with Crippen molar-refractivity contribution in [1.82, 2.24) is 0 Å². The van der Waals surface area contributed by atoms with Gasteiger partial charge in [0.05, 0.1) is 7.11 Å². The molecule has 1 aliphatic heterocycles. The van der Waals surface area contributed by atoms with Crippen molar-refractivity contribution in [3.63, 3.8) is 0 Å². The van der Waals surface area contributed by atoms with E-state index in [1.54, 1.807) is 13.2 Å². The normalized spacial score (nSPS) is 17.5. The summed E-state index contributed by atoms with van der Waals surface area (Å²) in [5.74, 6) is 1.70. The van der Waals surface area contributed by atoms with Gasteiger partial charge in [-0.25, -0.2) is 0 Å². The van der Waals surface area contributed by atoms with Crippen LogP contribution in [0.1, 0.15) is 18.1 Å². The first-order valence-electron chi connectivity index (χ1n) is 5.31. The molecule has 84 valence electrons. The van der Waals surface area contributed by atoms with Gasteiger partial charge in [0.15, 0.2) is 0 Å². The van der Waals surface area contributed by atoms with Gasteiger partial charge in [0.2, 0.25) is 0 Å². The SMILES string of the molecule is C=Cc1cc2c(cc1OC)OC(C(=C)C)C2. The Bertz CT molecular complexity index is 446. The first-order valence-corrected chi connectivity index (χ1v) is 5.31. The first-order chi connectivity index (χ1) is 7.65. The van der Waals surface area contributed by atoms with Gasteiger partial charge in [-0.3, -0.25) is 0 Å². The predicted molar refractivity (Wildman–Crippen MR) is 66.0 cm³/mol. The lowest BCUT2D eigenvalue weighted by Crippen LogP contribution is -2.13. The zero-order valence-corrected chi connectivity index (χ0v) is 9.75. The van der Waals surface area contributed by atoms with Gasteiger partial charge in [-0.2, -0.15) is 0 Å². The molecule has 0 aliphatic carbocycles. The Morgan fingerprint density at radius 3 is 2.88 bits per heavy atom. The molecule has 0 amide bonds. The zero-order chi connectivity index (χ0) is 11.7. The van der Waals surface area contributed by atoms with Crippen molar-refractivity contribution in [3.8, 4) is 11.5 Å². The molecule has 1 heterocycles. The van der Waals surface area contributed by atoms with E-state index in [1.165, 1.54) is 5.56 Å². The summed E-state index contributed by atoms with van der Waals surface area (Å²) in [6.07, 6.45) is 2.78. The average molecular weight is 216 g/mol.